The van der Waals surface area contributed by atoms with Gasteiger partial charge in [0.05, 0.1) is 12.4 Å². The van der Waals surface area contributed by atoms with Crippen molar-refractivity contribution in [1.82, 2.24) is 0 Å². The lowest BCUT2D eigenvalue weighted by molar-refractivity contribution is -0.145. The summed E-state index contributed by atoms with van der Waals surface area (Å²) >= 11 is 0. The molecule has 0 atom stereocenters. The van der Waals surface area contributed by atoms with Crippen molar-refractivity contribution in [2.75, 3.05) is 25.6 Å². The van der Waals surface area contributed by atoms with Crippen molar-refractivity contribution in [2.45, 2.75) is 38.4 Å². The lowest BCUT2D eigenvalue weighted by Crippen LogP contribution is -2.45. The van der Waals surface area contributed by atoms with Gasteiger partial charge in [0.1, 0.15) is 0 Å². The molecule has 1 fully saturated rings. The molecule has 6 heteroatoms. The van der Waals surface area contributed by atoms with E-state index in [-0.39, 0.29) is 18.3 Å². The largest absolute Gasteiger partial charge is 0.465 e. The molecule has 0 aromatic rings. The molecule has 18 heavy (non-hydrogen) atoms. The molecule has 0 N–H and O–H groups in total. The summed E-state index contributed by atoms with van der Waals surface area (Å²) in [4.78, 5) is 11.7. The Bertz CT molecular complexity index is 379. The average Bonchev–Trinajstić information content (AvgIpc) is 2.29. The third-order valence-corrected chi connectivity index (χ3v) is 5.97. The second-order valence-electron chi connectivity index (χ2n) is 5.07. The van der Waals surface area contributed by atoms with Gasteiger partial charge in [-0.25, -0.2) is 8.42 Å². The molecule has 0 saturated carbocycles. The molecule has 5 nitrogen and oxygen atoms in total. The minimum absolute atomic E-state index is 0.0299. The first-order valence-electron chi connectivity index (χ1n) is 6.28. The van der Waals surface area contributed by atoms with Crippen molar-refractivity contribution < 1.29 is 22.7 Å². The van der Waals surface area contributed by atoms with Gasteiger partial charge in [0.25, 0.3) is 0 Å². The SMILES string of the molecule is CCOC(=O)C(C)(C)S(=O)(=O)CC1CCOCC1. The predicted octanol–water partition coefficient (Wildman–Crippen LogP) is 1.17. The van der Waals surface area contributed by atoms with E-state index < -0.39 is 20.6 Å². The van der Waals surface area contributed by atoms with E-state index in [1.807, 2.05) is 0 Å². The van der Waals surface area contributed by atoms with Crippen molar-refractivity contribution in [3.63, 3.8) is 0 Å². The number of esters is 1. The molecule has 0 aromatic carbocycles. The Morgan fingerprint density at radius 2 is 1.89 bits per heavy atom. The van der Waals surface area contributed by atoms with Crippen molar-refractivity contribution in [2.24, 2.45) is 5.92 Å². The highest BCUT2D eigenvalue weighted by Crippen LogP contribution is 2.25. The number of rotatable bonds is 5. The summed E-state index contributed by atoms with van der Waals surface area (Å²) in [5, 5.41) is 0. The Morgan fingerprint density at radius 1 is 1.33 bits per heavy atom. The van der Waals surface area contributed by atoms with Gasteiger partial charge < -0.3 is 9.47 Å². The minimum Gasteiger partial charge on any atom is -0.465 e. The Kier molecular flexibility index (Phi) is 5.16. The Labute approximate surface area is 109 Å². The van der Waals surface area contributed by atoms with Crippen LogP contribution in [0.2, 0.25) is 0 Å². The van der Waals surface area contributed by atoms with Crippen LogP contribution in [0.4, 0.5) is 0 Å². The van der Waals surface area contributed by atoms with E-state index in [0.717, 1.165) is 12.8 Å². The van der Waals surface area contributed by atoms with Crippen molar-refractivity contribution in [3.8, 4) is 0 Å². The zero-order valence-electron chi connectivity index (χ0n) is 11.3. The molecule has 0 unspecified atom stereocenters. The number of hydrogen-bond acceptors (Lipinski definition) is 5. The Hall–Kier alpha value is -0.620. The average molecular weight is 278 g/mol. The van der Waals surface area contributed by atoms with Crippen LogP contribution < -0.4 is 0 Å². The van der Waals surface area contributed by atoms with Crippen LogP contribution in [0.25, 0.3) is 0 Å². The molecule has 0 spiro atoms. The van der Waals surface area contributed by atoms with E-state index in [1.165, 1.54) is 13.8 Å². The first-order valence-corrected chi connectivity index (χ1v) is 7.93. The maximum Gasteiger partial charge on any atom is 0.326 e. The highest BCUT2D eigenvalue weighted by Gasteiger charge is 2.44. The molecular formula is C12H22O5S. The van der Waals surface area contributed by atoms with Gasteiger partial charge in [0.15, 0.2) is 14.6 Å². The molecule has 1 rings (SSSR count). The van der Waals surface area contributed by atoms with Gasteiger partial charge in [-0.15, -0.1) is 0 Å². The summed E-state index contributed by atoms with van der Waals surface area (Å²) in [5.41, 5.74) is 0. The zero-order chi connectivity index (χ0) is 13.8. The molecule has 1 aliphatic rings. The third kappa shape index (κ3) is 3.45. The van der Waals surface area contributed by atoms with Gasteiger partial charge in [0, 0.05) is 13.2 Å². The standard InChI is InChI=1S/C12H22O5S/c1-4-17-11(13)12(2,3)18(14,15)9-10-5-7-16-8-6-10/h10H,4-9H2,1-3H3. The second kappa shape index (κ2) is 6.02. The zero-order valence-corrected chi connectivity index (χ0v) is 12.1. The molecule has 0 amide bonds. The van der Waals surface area contributed by atoms with Crippen LogP contribution in [-0.2, 0) is 24.1 Å². The molecule has 106 valence electrons. The predicted molar refractivity (Wildman–Crippen MR) is 68.0 cm³/mol. The number of carbonyl (C=O) groups is 1. The highest BCUT2D eigenvalue weighted by molar-refractivity contribution is 7.93. The van der Waals surface area contributed by atoms with Crippen LogP contribution in [0.3, 0.4) is 0 Å². The molecule has 1 aliphatic heterocycles. The monoisotopic (exact) mass is 278 g/mol. The van der Waals surface area contributed by atoms with E-state index in [1.54, 1.807) is 6.92 Å². The Balaban J connectivity index is 2.74. The maximum absolute atomic E-state index is 12.3. The summed E-state index contributed by atoms with van der Waals surface area (Å²) in [6.07, 6.45) is 1.47. The highest BCUT2D eigenvalue weighted by atomic mass is 32.2. The van der Waals surface area contributed by atoms with Gasteiger partial charge >= 0.3 is 5.97 Å². The topological polar surface area (TPSA) is 69.7 Å². The van der Waals surface area contributed by atoms with Crippen LogP contribution in [0.5, 0.6) is 0 Å². The van der Waals surface area contributed by atoms with Crippen LogP contribution in [0.15, 0.2) is 0 Å². The Morgan fingerprint density at radius 3 is 2.39 bits per heavy atom. The van der Waals surface area contributed by atoms with Gasteiger partial charge in [-0.3, -0.25) is 4.79 Å². The van der Waals surface area contributed by atoms with Crippen LogP contribution >= 0.6 is 0 Å². The molecule has 0 aliphatic carbocycles. The fraction of sp³-hybridized carbons (Fsp3) is 0.917. The van der Waals surface area contributed by atoms with Crippen molar-refractivity contribution in [1.29, 1.82) is 0 Å². The number of sulfone groups is 1. The van der Waals surface area contributed by atoms with E-state index in [9.17, 15) is 13.2 Å². The first-order chi connectivity index (χ1) is 8.31. The number of ether oxygens (including phenoxy) is 2. The molecule has 0 aromatic heterocycles. The van der Waals surface area contributed by atoms with Gasteiger partial charge in [-0.2, -0.15) is 0 Å². The molecule has 1 heterocycles. The molecule has 1 saturated heterocycles. The second-order valence-corrected chi connectivity index (χ2v) is 7.65. The number of hydrogen-bond donors (Lipinski definition) is 0. The summed E-state index contributed by atoms with van der Waals surface area (Å²) in [6.45, 7) is 5.88. The van der Waals surface area contributed by atoms with E-state index in [4.69, 9.17) is 9.47 Å². The summed E-state index contributed by atoms with van der Waals surface area (Å²) in [7, 11) is -3.51. The van der Waals surface area contributed by atoms with Crippen molar-refractivity contribution in [3.05, 3.63) is 0 Å². The molecule has 0 bridgehead atoms. The lowest BCUT2D eigenvalue weighted by atomic mass is 10.0. The maximum atomic E-state index is 12.3. The first kappa shape index (κ1) is 15.4. The van der Waals surface area contributed by atoms with Crippen molar-refractivity contribution >= 4 is 15.8 Å². The molecular weight excluding hydrogens is 256 g/mol. The fourth-order valence-corrected chi connectivity index (χ4v) is 3.55. The van der Waals surface area contributed by atoms with Gasteiger partial charge in [-0.1, -0.05) is 0 Å². The quantitative estimate of drug-likeness (QED) is 0.706. The summed E-state index contributed by atoms with van der Waals surface area (Å²) in [6, 6.07) is 0. The van der Waals surface area contributed by atoms with Gasteiger partial charge in [0.2, 0.25) is 0 Å². The van der Waals surface area contributed by atoms with Crippen LogP contribution in [0.1, 0.15) is 33.6 Å². The summed E-state index contributed by atoms with van der Waals surface area (Å²) in [5.74, 6) is -0.558. The van der Waals surface area contributed by atoms with Crippen LogP contribution in [0, 0.1) is 5.92 Å². The normalized spacial score (nSPS) is 18.6. The lowest BCUT2D eigenvalue weighted by Gasteiger charge is -2.27. The smallest absolute Gasteiger partial charge is 0.326 e. The minimum atomic E-state index is -3.51. The number of carbonyl (C=O) groups excluding carboxylic acids is 1. The van der Waals surface area contributed by atoms with Crippen LogP contribution in [-0.4, -0.2) is 44.7 Å². The summed E-state index contributed by atoms with van der Waals surface area (Å²) < 4.78 is 33.2. The van der Waals surface area contributed by atoms with Gasteiger partial charge in [-0.05, 0) is 39.5 Å². The van der Waals surface area contributed by atoms with E-state index in [2.05, 4.69) is 0 Å². The molecule has 0 radical (unpaired) electrons. The third-order valence-electron chi connectivity index (χ3n) is 3.34. The fourth-order valence-electron chi connectivity index (χ4n) is 1.86. The van der Waals surface area contributed by atoms with E-state index >= 15 is 0 Å². The van der Waals surface area contributed by atoms with E-state index in [0.29, 0.717) is 13.2 Å².